The Balaban J connectivity index is 2.51. The van der Waals surface area contributed by atoms with E-state index in [1.54, 1.807) is 6.92 Å². The molecule has 4 nitrogen and oxygen atoms in total. The molecule has 0 radical (unpaired) electrons. The number of esters is 1. The van der Waals surface area contributed by atoms with Crippen molar-refractivity contribution in [2.45, 2.75) is 45.4 Å². The Bertz CT molecular complexity index is 564. The monoisotopic (exact) mass is 302 g/mol. The molecule has 0 unspecified atom stereocenters. The molecule has 1 aromatic rings. The van der Waals surface area contributed by atoms with Crippen LogP contribution in [0.25, 0.3) is 0 Å². The summed E-state index contributed by atoms with van der Waals surface area (Å²) >= 11 is 0. The topological polar surface area (TPSA) is 60.4 Å². The standard InChI is InChI=1S/C18H22O4/c1-3-22-17(21)18(11-7-10-16(18)20)15(12-13(2)19)14-8-5-4-6-9-14/h4-6,8-9,15H,3,7,10-12H2,1-2H3/t15-,18+/m0/s1. The molecule has 0 spiro atoms. The number of rotatable bonds is 6. The number of hydrogen-bond acceptors (Lipinski definition) is 4. The van der Waals surface area contributed by atoms with Crippen LogP contribution in [0.4, 0.5) is 0 Å². The van der Waals surface area contributed by atoms with Gasteiger partial charge in [0.1, 0.15) is 11.2 Å². The highest BCUT2D eigenvalue weighted by molar-refractivity contribution is 6.06. The highest BCUT2D eigenvalue weighted by Crippen LogP contribution is 2.49. The van der Waals surface area contributed by atoms with E-state index in [1.807, 2.05) is 30.3 Å². The predicted octanol–water partition coefficient (Wildman–Crippen LogP) is 3.05. The summed E-state index contributed by atoms with van der Waals surface area (Å²) in [6.45, 7) is 3.46. The summed E-state index contributed by atoms with van der Waals surface area (Å²) in [6.07, 6.45) is 1.67. The van der Waals surface area contributed by atoms with Gasteiger partial charge in [-0.05, 0) is 32.3 Å². The lowest BCUT2D eigenvalue weighted by Gasteiger charge is -2.33. The molecule has 0 N–H and O–H groups in total. The van der Waals surface area contributed by atoms with E-state index >= 15 is 0 Å². The predicted molar refractivity (Wildman–Crippen MR) is 82.4 cm³/mol. The fourth-order valence-corrected chi connectivity index (χ4v) is 3.43. The molecule has 2 rings (SSSR count). The van der Waals surface area contributed by atoms with Crippen LogP contribution in [-0.2, 0) is 19.1 Å². The first-order valence-corrected chi connectivity index (χ1v) is 7.77. The van der Waals surface area contributed by atoms with Crippen LogP contribution >= 0.6 is 0 Å². The van der Waals surface area contributed by atoms with Crippen LogP contribution in [0.1, 0.15) is 51.0 Å². The van der Waals surface area contributed by atoms with Gasteiger partial charge in [-0.15, -0.1) is 0 Å². The van der Waals surface area contributed by atoms with E-state index in [0.717, 1.165) is 5.56 Å². The molecular formula is C18H22O4. The van der Waals surface area contributed by atoms with Gasteiger partial charge < -0.3 is 9.53 Å². The molecule has 4 heteroatoms. The zero-order valence-corrected chi connectivity index (χ0v) is 13.1. The lowest BCUT2D eigenvalue weighted by Crippen LogP contribution is -2.43. The van der Waals surface area contributed by atoms with Gasteiger partial charge in [0.05, 0.1) is 6.61 Å². The normalized spacial score (nSPS) is 22.4. The fourth-order valence-electron chi connectivity index (χ4n) is 3.43. The average molecular weight is 302 g/mol. The van der Waals surface area contributed by atoms with Crippen LogP contribution in [0.15, 0.2) is 30.3 Å². The van der Waals surface area contributed by atoms with Gasteiger partial charge in [-0.3, -0.25) is 9.59 Å². The Morgan fingerprint density at radius 1 is 1.27 bits per heavy atom. The van der Waals surface area contributed by atoms with Crippen LogP contribution in [-0.4, -0.2) is 24.1 Å². The second kappa shape index (κ2) is 6.86. The van der Waals surface area contributed by atoms with Crippen LogP contribution in [0.2, 0.25) is 0 Å². The smallest absolute Gasteiger partial charge is 0.320 e. The third-order valence-corrected chi connectivity index (χ3v) is 4.40. The third kappa shape index (κ3) is 2.96. The van der Waals surface area contributed by atoms with Gasteiger partial charge in [0.2, 0.25) is 0 Å². The summed E-state index contributed by atoms with van der Waals surface area (Å²) < 4.78 is 5.21. The maximum Gasteiger partial charge on any atom is 0.320 e. The van der Waals surface area contributed by atoms with Crippen LogP contribution < -0.4 is 0 Å². The molecule has 0 bridgehead atoms. The van der Waals surface area contributed by atoms with Crippen molar-refractivity contribution in [3.8, 4) is 0 Å². The molecule has 1 saturated carbocycles. The van der Waals surface area contributed by atoms with Gasteiger partial charge in [-0.2, -0.15) is 0 Å². The lowest BCUT2D eigenvalue weighted by molar-refractivity contribution is -0.160. The molecular weight excluding hydrogens is 280 g/mol. The molecule has 0 amide bonds. The molecule has 22 heavy (non-hydrogen) atoms. The van der Waals surface area contributed by atoms with Gasteiger partial charge in [0.15, 0.2) is 5.78 Å². The summed E-state index contributed by atoms with van der Waals surface area (Å²) in [5.41, 5.74) is -0.357. The first-order chi connectivity index (χ1) is 10.5. The summed E-state index contributed by atoms with van der Waals surface area (Å²) in [5.74, 6) is -1.05. The van der Waals surface area contributed by atoms with E-state index in [2.05, 4.69) is 0 Å². The SMILES string of the molecule is CCOC(=O)[C@@]1([C@@H](CC(C)=O)c2ccccc2)CCCC1=O. The molecule has 118 valence electrons. The molecule has 1 aliphatic carbocycles. The Morgan fingerprint density at radius 3 is 2.45 bits per heavy atom. The van der Waals surface area contributed by atoms with E-state index < -0.39 is 17.3 Å². The first-order valence-electron chi connectivity index (χ1n) is 7.77. The van der Waals surface area contributed by atoms with Crippen molar-refractivity contribution in [2.75, 3.05) is 6.61 Å². The van der Waals surface area contributed by atoms with Crippen molar-refractivity contribution in [3.05, 3.63) is 35.9 Å². The van der Waals surface area contributed by atoms with Crippen molar-refractivity contribution in [1.29, 1.82) is 0 Å². The maximum absolute atomic E-state index is 12.6. The number of carbonyl (C=O) groups excluding carboxylic acids is 3. The number of Topliss-reactive ketones (excluding diaryl/α,β-unsaturated/α-hetero) is 2. The highest BCUT2D eigenvalue weighted by Gasteiger charge is 2.55. The van der Waals surface area contributed by atoms with Crippen LogP contribution in [0, 0.1) is 5.41 Å². The van der Waals surface area contributed by atoms with Crippen molar-refractivity contribution in [1.82, 2.24) is 0 Å². The summed E-state index contributed by atoms with van der Waals surface area (Å²) in [4.78, 5) is 37.0. The van der Waals surface area contributed by atoms with Gasteiger partial charge in [0, 0.05) is 18.8 Å². The van der Waals surface area contributed by atoms with Crippen LogP contribution in [0.3, 0.4) is 0 Å². The lowest BCUT2D eigenvalue weighted by atomic mass is 9.68. The van der Waals surface area contributed by atoms with E-state index in [-0.39, 0.29) is 24.6 Å². The summed E-state index contributed by atoms with van der Waals surface area (Å²) in [5, 5.41) is 0. The molecule has 1 aliphatic rings. The number of ether oxygens (including phenoxy) is 1. The minimum atomic E-state index is -1.21. The second-order valence-electron chi connectivity index (χ2n) is 5.84. The van der Waals surface area contributed by atoms with Gasteiger partial charge in [0.25, 0.3) is 0 Å². The number of ketones is 2. The van der Waals surface area contributed by atoms with Crippen molar-refractivity contribution >= 4 is 17.5 Å². The van der Waals surface area contributed by atoms with E-state index in [9.17, 15) is 14.4 Å². The zero-order chi connectivity index (χ0) is 16.2. The summed E-state index contributed by atoms with van der Waals surface area (Å²) in [7, 11) is 0. The van der Waals surface area contributed by atoms with Crippen molar-refractivity contribution in [3.63, 3.8) is 0 Å². The molecule has 2 atom stereocenters. The number of hydrogen-bond donors (Lipinski definition) is 0. The largest absolute Gasteiger partial charge is 0.465 e. The molecule has 1 aromatic carbocycles. The Hall–Kier alpha value is -1.97. The Morgan fingerprint density at radius 2 is 1.95 bits per heavy atom. The van der Waals surface area contributed by atoms with Crippen molar-refractivity contribution < 1.29 is 19.1 Å². The molecule has 0 saturated heterocycles. The van der Waals surface area contributed by atoms with Gasteiger partial charge in [-0.1, -0.05) is 30.3 Å². The summed E-state index contributed by atoms with van der Waals surface area (Å²) in [6, 6.07) is 9.35. The number of benzene rings is 1. The maximum atomic E-state index is 12.6. The zero-order valence-electron chi connectivity index (χ0n) is 13.1. The molecule has 0 aliphatic heterocycles. The quantitative estimate of drug-likeness (QED) is 0.598. The Kier molecular flexibility index (Phi) is 5.11. The van der Waals surface area contributed by atoms with Crippen molar-refractivity contribution in [2.24, 2.45) is 5.41 Å². The average Bonchev–Trinajstić information content (AvgIpc) is 2.88. The molecule has 1 fully saturated rings. The molecule has 0 heterocycles. The number of carbonyl (C=O) groups is 3. The van der Waals surface area contributed by atoms with Gasteiger partial charge in [-0.25, -0.2) is 0 Å². The van der Waals surface area contributed by atoms with E-state index in [0.29, 0.717) is 19.3 Å². The van der Waals surface area contributed by atoms with Crippen LogP contribution in [0.5, 0.6) is 0 Å². The minimum Gasteiger partial charge on any atom is -0.465 e. The first kappa shape index (κ1) is 16.4. The fraction of sp³-hybridized carbons (Fsp3) is 0.500. The third-order valence-electron chi connectivity index (χ3n) is 4.40. The van der Waals surface area contributed by atoms with E-state index in [1.165, 1.54) is 6.92 Å². The molecule has 0 aromatic heterocycles. The highest BCUT2D eigenvalue weighted by atomic mass is 16.5. The Labute approximate surface area is 130 Å². The second-order valence-corrected chi connectivity index (χ2v) is 5.84. The minimum absolute atomic E-state index is 0.0303. The van der Waals surface area contributed by atoms with E-state index in [4.69, 9.17) is 4.74 Å². The van der Waals surface area contributed by atoms with Gasteiger partial charge >= 0.3 is 5.97 Å².